The topological polar surface area (TPSA) is 72.4 Å². The van der Waals surface area contributed by atoms with E-state index < -0.39 is 5.25 Å². The van der Waals surface area contributed by atoms with Crippen LogP contribution in [0.5, 0.6) is 5.75 Å². The first kappa shape index (κ1) is 21.2. The zero-order chi connectivity index (χ0) is 22.8. The number of thioether (sulfide) groups is 1. The number of para-hydroxylation sites is 1. The van der Waals surface area contributed by atoms with Crippen LogP contribution >= 0.6 is 11.8 Å². The summed E-state index contributed by atoms with van der Waals surface area (Å²) in [5, 5.41) is 0.846. The molecule has 1 saturated heterocycles. The van der Waals surface area contributed by atoms with Gasteiger partial charge < -0.3 is 4.74 Å². The number of nitrogens with zero attached hydrogens (tertiary/aromatic N) is 3. The fraction of sp³-hybridized carbons (Fsp3) is 0.154. The van der Waals surface area contributed by atoms with Gasteiger partial charge in [0, 0.05) is 17.4 Å². The Hall–Kier alpha value is -3.71. The molecule has 4 aromatic rings. The number of hydrogen-bond donors (Lipinski definition) is 0. The van der Waals surface area contributed by atoms with E-state index in [0.717, 1.165) is 22.2 Å². The lowest BCUT2D eigenvalue weighted by Crippen LogP contribution is -2.31. The number of imide groups is 1. The summed E-state index contributed by atoms with van der Waals surface area (Å²) in [7, 11) is 0. The molecule has 1 aromatic heterocycles. The Morgan fingerprint density at radius 2 is 1.67 bits per heavy atom. The Labute approximate surface area is 195 Å². The molecule has 7 heteroatoms. The third-order valence-electron chi connectivity index (χ3n) is 5.39. The number of fused-ring (bicyclic) bond motifs is 1. The zero-order valence-corrected chi connectivity index (χ0v) is 18.8. The lowest BCUT2D eigenvalue weighted by Gasteiger charge is -2.15. The molecule has 0 radical (unpaired) electrons. The predicted octanol–water partition coefficient (Wildman–Crippen LogP) is 5.12. The van der Waals surface area contributed by atoms with Crippen molar-refractivity contribution >= 4 is 40.2 Å². The van der Waals surface area contributed by atoms with Crippen LogP contribution in [0.1, 0.15) is 13.3 Å². The van der Waals surface area contributed by atoms with Crippen molar-refractivity contribution in [2.45, 2.75) is 23.8 Å². The van der Waals surface area contributed by atoms with Gasteiger partial charge in [0.15, 0.2) is 5.16 Å². The lowest BCUT2D eigenvalue weighted by atomic mass is 10.1. The predicted molar refractivity (Wildman–Crippen MR) is 129 cm³/mol. The molecule has 33 heavy (non-hydrogen) atoms. The highest BCUT2D eigenvalue weighted by molar-refractivity contribution is 8.00. The van der Waals surface area contributed by atoms with Crippen molar-refractivity contribution in [1.29, 1.82) is 0 Å². The minimum absolute atomic E-state index is 0.105. The number of amides is 2. The standard InChI is InChI=1S/C26H21N3O3S/c1-2-32-19-14-12-18(13-15-19)29-23(30)16-22(25(29)31)33-26-27-21-11-7-6-10-20(21)24(28-26)17-8-4-3-5-9-17/h3-15,22H,2,16H2,1H3/t22-/m1/s1. The van der Waals surface area contributed by atoms with Crippen LogP contribution in [-0.4, -0.2) is 33.6 Å². The fourth-order valence-electron chi connectivity index (χ4n) is 3.88. The summed E-state index contributed by atoms with van der Waals surface area (Å²) in [4.78, 5) is 36.6. The van der Waals surface area contributed by atoms with Crippen LogP contribution in [0, 0.1) is 0 Å². The Kier molecular flexibility index (Phi) is 5.79. The van der Waals surface area contributed by atoms with Gasteiger partial charge in [0.05, 0.1) is 23.5 Å². The van der Waals surface area contributed by atoms with Crippen molar-refractivity contribution in [2.75, 3.05) is 11.5 Å². The summed E-state index contributed by atoms with van der Waals surface area (Å²) >= 11 is 1.24. The summed E-state index contributed by atoms with van der Waals surface area (Å²) in [6.45, 7) is 2.46. The van der Waals surface area contributed by atoms with E-state index in [1.807, 2.05) is 61.5 Å². The SMILES string of the molecule is CCOc1ccc(N2C(=O)C[C@@H](Sc3nc(-c4ccccc4)c4ccccc4n3)C2=O)cc1. The lowest BCUT2D eigenvalue weighted by molar-refractivity contribution is -0.121. The van der Waals surface area contributed by atoms with Gasteiger partial charge in [-0.25, -0.2) is 14.9 Å². The minimum Gasteiger partial charge on any atom is -0.494 e. The zero-order valence-electron chi connectivity index (χ0n) is 18.0. The van der Waals surface area contributed by atoms with Crippen molar-refractivity contribution in [3.8, 4) is 17.0 Å². The number of hydrogen-bond acceptors (Lipinski definition) is 6. The maximum atomic E-state index is 13.1. The molecule has 0 saturated carbocycles. The third kappa shape index (κ3) is 4.19. The van der Waals surface area contributed by atoms with Gasteiger partial charge in [-0.15, -0.1) is 0 Å². The number of aromatic nitrogens is 2. The highest BCUT2D eigenvalue weighted by Gasteiger charge is 2.40. The summed E-state index contributed by atoms with van der Waals surface area (Å²) in [5.74, 6) is 0.210. The number of carbonyl (C=O) groups excluding carboxylic acids is 2. The molecule has 1 atom stereocenters. The highest BCUT2D eigenvalue weighted by atomic mass is 32.2. The molecule has 5 rings (SSSR count). The van der Waals surface area contributed by atoms with Crippen LogP contribution in [0.2, 0.25) is 0 Å². The number of benzene rings is 3. The number of carbonyl (C=O) groups is 2. The van der Waals surface area contributed by atoms with Gasteiger partial charge >= 0.3 is 0 Å². The van der Waals surface area contributed by atoms with Crippen LogP contribution in [0.15, 0.2) is 84.0 Å². The summed E-state index contributed by atoms with van der Waals surface area (Å²) < 4.78 is 5.45. The Morgan fingerprint density at radius 1 is 0.939 bits per heavy atom. The van der Waals surface area contributed by atoms with E-state index in [-0.39, 0.29) is 18.2 Å². The van der Waals surface area contributed by atoms with E-state index in [9.17, 15) is 9.59 Å². The van der Waals surface area contributed by atoms with Crippen molar-refractivity contribution in [1.82, 2.24) is 9.97 Å². The van der Waals surface area contributed by atoms with Crippen LogP contribution in [0.3, 0.4) is 0 Å². The molecule has 2 heterocycles. The van der Waals surface area contributed by atoms with Gasteiger partial charge in [-0.3, -0.25) is 9.59 Å². The molecule has 0 unspecified atom stereocenters. The van der Waals surface area contributed by atoms with Gasteiger partial charge in [-0.05, 0) is 37.3 Å². The van der Waals surface area contributed by atoms with Crippen LogP contribution in [-0.2, 0) is 9.59 Å². The maximum absolute atomic E-state index is 13.1. The largest absolute Gasteiger partial charge is 0.494 e. The summed E-state index contributed by atoms with van der Waals surface area (Å²) in [6, 6.07) is 24.7. The molecule has 1 aliphatic heterocycles. The van der Waals surface area contributed by atoms with E-state index in [4.69, 9.17) is 9.72 Å². The van der Waals surface area contributed by atoms with E-state index in [2.05, 4.69) is 4.98 Å². The second-order valence-corrected chi connectivity index (χ2v) is 8.71. The van der Waals surface area contributed by atoms with Crippen LogP contribution in [0.4, 0.5) is 5.69 Å². The third-order valence-corrected chi connectivity index (χ3v) is 6.43. The Balaban J connectivity index is 1.44. The molecule has 1 aliphatic rings. The van der Waals surface area contributed by atoms with Crippen LogP contribution in [0.25, 0.3) is 22.2 Å². The molecule has 6 nitrogen and oxygen atoms in total. The first-order valence-corrected chi connectivity index (χ1v) is 11.6. The van der Waals surface area contributed by atoms with Crippen molar-refractivity contribution in [3.05, 3.63) is 78.9 Å². The maximum Gasteiger partial charge on any atom is 0.247 e. The Bertz CT molecular complexity index is 1330. The fourth-order valence-corrected chi connectivity index (χ4v) is 4.86. The molecular weight excluding hydrogens is 434 g/mol. The first-order chi connectivity index (χ1) is 16.1. The molecule has 164 valence electrons. The Morgan fingerprint density at radius 3 is 2.42 bits per heavy atom. The van der Waals surface area contributed by atoms with Gasteiger partial charge in [0.25, 0.3) is 0 Å². The van der Waals surface area contributed by atoms with E-state index >= 15 is 0 Å². The smallest absolute Gasteiger partial charge is 0.247 e. The second-order valence-electron chi connectivity index (χ2n) is 7.54. The molecule has 0 bridgehead atoms. The molecule has 0 spiro atoms. The van der Waals surface area contributed by atoms with Crippen LogP contribution < -0.4 is 9.64 Å². The summed E-state index contributed by atoms with van der Waals surface area (Å²) in [6.07, 6.45) is 0.105. The quantitative estimate of drug-likeness (QED) is 0.297. The molecule has 2 amide bonds. The number of rotatable bonds is 6. The summed E-state index contributed by atoms with van der Waals surface area (Å²) in [5.41, 5.74) is 3.13. The monoisotopic (exact) mass is 455 g/mol. The van der Waals surface area contributed by atoms with Crippen molar-refractivity contribution < 1.29 is 14.3 Å². The second kappa shape index (κ2) is 9.03. The van der Waals surface area contributed by atoms with E-state index in [1.54, 1.807) is 24.3 Å². The minimum atomic E-state index is -0.575. The van der Waals surface area contributed by atoms with Crippen molar-refractivity contribution in [2.24, 2.45) is 0 Å². The van der Waals surface area contributed by atoms with Gasteiger partial charge in [0.1, 0.15) is 11.0 Å². The van der Waals surface area contributed by atoms with E-state index in [1.165, 1.54) is 16.7 Å². The first-order valence-electron chi connectivity index (χ1n) is 10.7. The average molecular weight is 456 g/mol. The molecule has 1 fully saturated rings. The van der Waals surface area contributed by atoms with Gasteiger partial charge in [-0.1, -0.05) is 60.3 Å². The molecular formula is C26H21N3O3S. The highest BCUT2D eigenvalue weighted by Crippen LogP contribution is 2.35. The number of anilines is 1. The van der Waals surface area contributed by atoms with E-state index in [0.29, 0.717) is 23.2 Å². The van der Waals surface area contributed by atoms with Gasteiger partial charge in [0.2, 0.25) is 11.8 Å². The molecule has 3 aromatic carbocycles. The normalized spacial score (nSPS) is 15.9. The molecule has 0 aliphatic carbocycles. The average Bonchev–Trinajstić information content (AvgIpc) is 3.12. The number of ether oxygens (including phenoxy) is 1. The van der Waals surface area contributed by atoms with Crippen molar-refractivity contribution in [3.63, 3.8) is 0 Å². The van der Waals surface area contributed by atoms with Gasteiger partial charge in [-0.2, -0.15) is 0 Å². The molecule has 0 N–H and O–H groups in total.